The Bertz CT molecular complexity index is 359. The first-order valence-electron chi connectivity index (χ1n) is 5.50. The van der Waals surface area contributed by atoms with Crippen molar-refractivity contribution in [1.82, 2.24) is 9.78 Å². The molecule has 0 spiro atoms. The second-order valence-electron chi connectivity index (χ2n) is 4.82. The fraction of sp³-hybridized carbons (Fsp3) is 0.727. The molecule has 1 fully saturated rings. The zero-order valence-electron chi connectivity index (χ0n) is 9.44. The van der Waals surface area contributed by atoms with Crippen LogP contribution in [0.15, 0.2) is 6.20 Å². The minimum atomic E-state index is 0.0393. The highest BCUT2D eigenvalue weighted by Crippen LogP contribution is 2.47. The quantitative estimate of drug-likeness (QED) is 0.863. The normalized spacial score (nSPS) is 27.1. The predicted molar refractivity (Wildman–Crippen MR) is 61.8 cm³/mol. The first-order valence-corrected chi connectivity index (χ1v) is 5.88. The molecule has 0 amide bonds. The Balaban J connectivity index is 2.29. The molecular formula is C11H18ClN3. The van der Waals surface area contributed by atoms with E-state index in [1.165, 1.54) is 6.42 Å². The van der Waals surface area contributed by atoms with Gasteiger partial charge in [0.1, 0.15) is 0 Å². The third-order valence-electron chi connectivity index (χ3n) is 3.22. The highest BCUT2D eigenvalue weighted by Gasteiger charge is 2.40. The lowest BCUT2D eigenvalue weighted by atomic mass is 10.1. The molecule has 1 saturated carbocycles. The minimum Gasteiger partial charge on any atom is -0.322 e. The molecule has 2 N–H and O–H groups in total. The summed E-state index contributed by atoms with van der Waals surface area (Å²) in [5.41, 5.74) is 7.23. The van der Waals surface area contributed by atoms with Crippen LogP contribution < -0.4 is 5.73 Å². The number of hydrogen-bond acceptors (Lipinski definition) is 2. The smallest absolute Gasteiger partial charge is 0.0834 e. The van der Waals surface area contributed by atoms with Gasteiger partial charge in [0.05, 0.1) is 23.0 Å². The first kappa shape index (κ1) is 11.0. The molecule has 1 heterocycles. The van der Waals surface area contributed by atoms with Crippen molar-refractivity contribution in [2.45, 2.75) is 39.3 Å². The molecule has 15 heavy (non-hydrogen) atoms. The molecule has 1 aliphatic carbocycles. The Kier molecular flexibility index (Phi) is 2.77. The Morgan fingerprint density at radius 2 is 2.20 bits per heavy atom. The molecule has 84 valence electrons. The van der Waals surface area contributed by atoms with Gasteiger partial charge in [-0.3, -0.25) is 4.68 Å². The lowest BCUT2D eigenvalue weighted by Crippen LogP contribution is -2.20. The van der Waals surface area contributed by atoms with E-state index in [2.05, 4.69) is 25.9 Å². The molecule has 0 aromatic carbocycles. The summed E-state index contributed by atoms with van der Waals surface area (Å²) in [6.45, 7) is 6.42. The number of rotatable bonds is 3. The van der Waals surface area contributed by atoms with Gasteiger partial charge in [-0.25, -0.2) is 0 Å². The highest BCUT2D eigenvalue weighted by atomic mass is 35.5. The summed E-state index contributed by atoms with van der Waals surface area (Å²) in [5, 5.41) is 4.98. The van der Waals surface area contributed by atoms with Crippen LogP contribution in [0.25, 0.3) is 0 Å². The molecule has 2 rings (SSSR count). The van der Waals surface area contributed by atoms with Crippen molar-refractivity contribution in [2.75, 3.05) is 0 Å². The predicted octanol–water partition coefficient (Wildman–Crippen LogP) is 2.77. The van der Waals surface area contributed by atoms with Gasteiger partial charge >= 0.3 is 0 Å². The third kappa shape index (κ3) is 1.91. The van der Waals surface area contributed by atoms with Crippen LogP contribution in [0.2, 0.25) is 5.02 Å². The van der Waals surface area contributed by atoms with Crippen LogP contribution in [0.3, 0.4) is 0 Å². The maximum atomic E-state index is 6.23. The van der Waals surface area contributed by atoms with E-state index >= 15 is 0 Å². The molecule has 1 aromatic heterocycles. The van der Waals surface area contributed by atoms with Crippen molar-refractivity contribution in [3.63, 3.8) is 0 Å². The zero-order chi connectivity index (χ0) is 11.2. The van der Waals surface area contributed by atoms with Gasteiger partial charge in [-0.1, -0.05) is 18.5 Å². The largest absolute Gasteiger partial charge is 0.322 e. The van der Waals surface area contributed by atoms with E-state index in [1.807, 2.05) is 4.68 Å². The number of halogens is 1. The van der Waals surface area contributed by atoms with E-state index in [-0.39, 0.29) is 6.04 Å². The van der Waals surface area contributed by atoms with E-state index in [0.717, 1.165) is 11.6 Å². The van der Waals surface area contributed by atoms with Gasteiger partial charge in [-0.15, -0.1) is 0 Å². The molecule has 0 radical (unpaired) electrons. The summed E-state index contributed by atoms with van der Waals surface area (Å²) in [7, 11) is 0. The van der Waals surface area contributed by atoms with Crippen molar-refractivity contribution in [2.24, 2.45) is 17.6 Å². The summed E-state index contributed by atoms with van der Waals surface area (Å²) in [4.78, 5) is 0. The van der Waals surface area contributed by atoms with Crippen LogP contribution in [0.5, 0.6) is 0 Å². The second kappa shape index (κ2) is 3.80. The zero-order valence-corrected chi connectivity index (χ0v) is 10.2. The fourth-order valence-electron chi connectivity index (χ4n) is 2.13. The molecular weight excluding hydrogens is 210 g/mol. The minimum absolute atomic E-state index is 0.0393. The second-order valence-corrected chi connectivity index (χ2v) is 5.23. The van der Waals surface area contributed by atoms with Gasteiger partial charge < -0.3 is 5.73 Å². The maximum Gasteiger partial charge on any atom is 0.0834 e. The highest BCUT2D eigenvalue weighted by molar-refractivity contribution is 6.31. The molecule has 0 saturated heterocycles. The molecule has 0 aliphatic heterocycles. The van der Waals surface area contributed by atoms with Gasteiger partial charge in [0.15, 0.2) is 0 Å². The Labute approximate surface area is 95.6 Å². The topological polar surface area (TPSA) is 43.8 Å². The van der Waals surface area contributed by atoms with Crippen LogP contribution in [0.1, 0.15) is 45.0 Å². The average molecular weight is 228 g/mol. The van der Waals surface area contributed by atoms with Crippen molar-refractivity contribution in [1.29, 1.82) is 0 Å². The molecule has 4 heteroatoms. The summed E-state index contributed by atoms with van der Waals surface area (Å²) in [6.07, 6.45) is 2.91. The van der Waals surface area contributed by atoms with Crippen molar-refractivity contribution >= 4 is 11.6 Å². The number of aromatic nitrogens is 2. The Morgan fingerprint density at radius 1 is 1.60 bits per heavy atom. The van der Waals surface area contributed by atoms with E-state index in [9.17, 15) is 0 Å². The van der Waals surface area contributed by atoms with Crippen LogP contribution in [0, 0.1) is 11.8 Å². The fourth-order valence-corrected chi connectivity index (χ4v) is 2.38. The van der Waals surface area contributed by atoms with E-state index < -0.39 is 0 Å². The molecule has 1 aromatic rings. The number of hydrogen-bond donors (Lipinski definition) is 1. The molecule has 1 aliphatic rings. The SMILES string of the molecule is CC1CC1C(N)c1c(Cl)cnn1C(C)C. The van der Waals surface area contributed by atoms with Crippen molar-refractivity contribution in [3.05, 3.63) is 16.9 Å². The molecule has 3 unspecified atom stereocenters. The van der Waals surface area contributed by atoms with Crippen molar-refractivity contribution < 1.29 is 0 Å². The lowest BCUT2D eigenvalue weighted by molar-refractivity contribution is 0.463. The lowest BCUT2D eigenvalue weighted by Gasteiger charge is -2.17. The Hall–Kier alpha value is -0.540. The van der Waals surface area contributed by atoms with Crippen molar-refractivity contribution in [3.8, 4) is 0 Å². The van der Waals surface area contributed by atoms with Gasteiger partial charge in [0.25, 0.3) is 0 Å². The van der Waals surface area contributed by atoms with Crippen LogP contribution in [-0.4, -0.2) is 9.78 Å². The van der Waals surface area contributed by atoms with Gasteiger partial charge in [-0.2, -0.15) is 5.10 Å². The monoisotopic (exact) mass is 227 g/mol. The standard InChI is InChI=1S/C11H18ClN3/c1-6(2)15-11(9(12)5-14-15)10(13)8-4-7(8)3/h5-8,10H,4,13H2,1-3H3. The van der Waals surface area contributed by atoms with Crippen LogP contribution >= 0.6 is 11.6 Å². The van der Waals surface area contributed by atoms with Gasteiger partial charge in [-0.05, 0) is 32.1 Å². The summed E-state index contributed by atoms with van der Waals surface area (Å²) < 4.78 is 1.94. The molecule has 3 nitrogen and oxygen atoms in total. The third-order valence-corrected chi connectivity index (χ3v) is 3.52. The molecule has 3 atom stereocenters. The number of nitrogens with zero attached hydrogens (tertiary/aromatic N) is 2. The summed E-state index contributed by atoms with van der Waals surface area (Å²) >= 11 is 6.14. The van der Waals surface area contributed by atoms with E-state index in [0.29, 0.717) is 17.0 Å². The van der Waals surface area contributed by atoms with Crippen LogP contribution in [0.4, 0.5) is 0 Å². The molecule has 0 bridgehead atoms. The number of nitrogens with two attached hydrogens (primary N) is 1. The van der Waals surface area contributed by atoms with Gasteiger partial charge in [0.2, 0.25) is 0 Å². The maximum absolute atomic E-state index is 6.23. The van der Waals surface area contributed by atoms with Crippen LogP contribution in [-0.2, 0) is 0 Å². The summed E-state index contributed by atoms with van der Waals surface area (Å²) in [5.74, 6) is 1.31. The first-order chi connectivity index (χ1) is 7.02. The summed E-state index contributed by atoms with van der Waals surface area (Å²) in [6, 6.07) is 0.352. The average Bonchev–Trinajstić information content (AvgIpc) is 2.74. The van der Waals surface area contributed by atoms with E-state index in [1.54, 1.807) is 6.20 Å². The van der Waals surface area contributed by atoms with E-state index in [4.69, 9.17) is 17.3 Å². The Morgan fingerprint density at radius 3 is 2.67 bits per heavy atom. The van der Waals surface area contributed by atoms with Gasteiger partial charge in [0, 0.05) is 6.04 Å².